The molecule has 0 amide bonds. The highest BCUT2D eigenvalue weighted by Crippen LogP contribution is 2.72. The lowest BCUT2D eigenvalue weighted by Gasteiger charge is -2.61. The normalized spacial score (nSPS) is 45.7. The molecule has 5 atom stereocenters. The average Bonchev–Trinajstić information content (AvgIpc) is 3.23. The van der Waals surface area contributed by atoms with Gasteiger partial charge in [0, 0.05) is 0 Å². The van der Waals surface area contributed by atoms with Crippen LogP contribution in [0, 0.1) is 40.4 Å². The molecule has 25 heavy (non-hydrogen) atoms. The van der Waals surface area contributed by atoms with Crippen LogP contribution in [0.3, 0.4) is 0 Å². The number of rotatable bonds is 3. The third-order valence-electron chi connectivity index (χ3n) is 9.66. The van der Waals surface area contributed by atoms with E-state index in [2.05, 4.69) is 26.7 Å². The van der Waals surface area contributed by atoms with E-state index in [0.717, 1.165) is 23.7 Å². The summed E-state index contributed by atoms with van der Waals surface area (Å²) in [5, 5.41) is 0. The number of hydrogen-bond acceptors (Lipinski definition) is 0. The lowest BCUT2D eigenvalue weighted by Crippen LogP contribution is -2.53. The minimum absolute atomic E-state index is 0.633. The van der Waals surface area contributed by atoms with Crippen molar-refractivity contribution < 1.29 is 0 Å². The standard InChI is InChI=1S/C25H43/c1-19-10-8-13-22(18-19)25(17-9-12-21(25)3)24(15-6-7-16-24)23-14-5-4-11-20(23)2/h19-21,23H,4-18H2,1-3H3. The Balaban J connectivity index is 1.75. The van der Waals surface area contributed by atoms with Gasteiger partial charge in [0.2, 0.25) is 0 Å². The molecule has 4 saturated carbocycles. The van der Waals surface area contributed by atoms with Crippen molar-refractivity contribution in [3.63, 3.8) is 0 Å². The molecule has 4 rings (SSSR count). The van der Waals surface area contributed by atoms with E-state index in [1.807, 2.05) is 0 Å². The summed E-state index contributed by atoms with van der Waals surface area (Å²) in [4.78, 5) is 0. The molecule has 0 aromatic rings. The van der Waals surface area contributed by atoms with Crippen molar-refractivity contribution in [2.45, 2.75) is 117 Å². The summed E-state index contributed by atoms with van der Waals surface area (Å²) in [6.07, 6.45) is 22.8. The van der Waals surface area contributed by atoms with Gasteiger partial charge in [0.1, 0.15) is 0 Å². The van der Waals surface area contributed by atoms with E-state index in [-0.39, 0.29) is 0 Å². The largest absolute Gasteiger partial charge is 0.0625 e. The molecule has 4 fully saturated rings. The Labute approximate surface area is 157 Å². The Hall–Kier alpha value is 0. The fourth-order valence-electron chi connectivity index (χ4n) is 8.78. The Bertz CT molecular complexity index is 445. The summed E-state index contributed by atoms with van der Waals surface area (Å²) in [6, 6.07) is 0. The van der Waals surface area contributed by atoms with Gasteiger partial charge in [-0.1, -0.05) is 78.6 Å². The van der Waals surface area contributed by atoms with Gasteiger partial charge < -0.3 is 0 Å². The molecule has 0 aliphatic heterocycles. The van der Waals surface area contributed by atoms with E-state index in [1.165, 1.54) is 70.6 Å². The smallest absolute Gasteiger partial charge is 0.0150 e. The van der Waals surface area contributed by atoms with Crippen LogP contribution in [-0.2, 0) is 0 Å². The summed E-state index contributed by atoms with van der Waals surface area (Å²) in [5.41, 5.74) is 1.32. The maximum absolute atomic E-state index is 2.67. The van der Waals surface area contributed by atoms with Crippen LogP contribution in [0.1, 0.15) is 117 Å². The molecule has 0 aromatic heterocycles. The first-order valence-electron chi connectivity index (χ1n) is 12.0. The zero-order chi connectivity index (χ0) is 17.5. The summed E-state index contributed by atoms with van der Waals surface area (Å²) in [5.74, 6) is 6.01. The van der Waals surface area contributed by atoms with Crippen LogP contribution >= 0.6 is 0 Å². The van der Waals surface area contributed by atoms with Crippen molar-refractivity contribution in [1.29, 1.82) is 0 Å². The maximum atomic E-state index is 2.67. The second-order valence-electron chi connectivity index (χ2n) is 10.8. The lowest BCUT2D eigenvalue weighted by molar-refractivity contribution is -0.0751. The second-order valence-corrected chi connectivity index (χ2v) is 10.8. The zero-order valence-electron chi connectivity index (χ0n) is 17.4. The minimum Gasteiger partial charge on any atom is -0.0625 e. The molecule has 0 heterocycles. The third-order valence-corrected chi connectivity index (χ3v) is 9.66. The molecule has 5 unspecified atom stereocenters. The van der Waals surface area contributed by atoms with Crippen LogP contribution in [0.25, 0.3) is 0 Å². The second kappa shape index (κ2) is 7.20. The van der Waals surface area contributed by atoms with E-state index in [4.69, 9.17) is 0 Å². The van der Waals surface area contributed by atoms with E-state index >= 15 is 0 Å². The quantitative estimate of drug-likeness (QED) is 0.487. The maximum Gasteiger partial charge on any atom is -0.0150 e. The lowest BCUT2D eigenvalue weighted by atomic mass is 9.43. The molecule has 0 aromatic carbocycles. The average molecular weight is 344 g/mol. The summed E-state index contributed by atoms with van der Waals surface area (Å²) >= 11 is 0. The molecule has 1 radical (unpaired) electrons. The molecule has 4 aliphatic rings. The predicted octanol–water partition coefficient (Wildman–Crippen LogP) is 7.96. The van der Waals surface area contributed by atoms with Gasteiger partial charge in [-0.3, -0.25) is 0 Å². The van der Waals surface area contributed by atoms with Crippen molar-refractivity contribution in [3.05, 3.63) is 5.92 Å². The zero-order valence-corrected chi connectivity index (χ0v) is 17.4. The first kappa shape index (κ1) is 18.4. The molecule has 0 heteroatoms. The van der Waals surface area contributed by atoms with Gasteiger partial charge in [0.15, 0.2) is 0 Å². The minimum atomic E-state index is 0.633. The molecule has 0 saturated heterocycles. The fraction of sp³-hybridized carbons (Fsp3) is 0.960. The first-order valence-corrected chi connectivity index (χ1v) is 12.0. The van der Waals surface area contributed by atoms with Crippen LogP contribution < -0.4 is 0 Å². The van der Waals surface area contributed by atoms with Crippen LogP contribution in [0.2, 0.25) is 0 Å². The molecular formula is C25H43. The topological polar surface area (TPSA) is 0 Å². The van der Waals surface area contributed by atoms with Gasteiger partial charge >= 0.3 is 0 Å². The molecule has 0 spiro atoms. The van der Waals surface area contributed by atoms with Gasteiger partial charge in [-0.2, -0.15) is 0 Å². The van der Waals surface area contributed by atoms with Crippen molar-refractivity contribution in [2.24, 2.45) is 34.5 Å². The number of hydrogen-bond donors (Lipinski definition) is 0. The van der Waals surface area contributed by atoms with Crippen LogP contribution in [0.4, 0.5) is 0 Å². The molecular weight excluding hydrogens is 300 g/mol. The van der Waals surface area contributed by atoms with E-state index < -0.39 is 0 Å². The SMILES string of the molecule is CC1CCC[C](C2(C3(C4CCCCC4C)CCCC3)CCCC2C)C1. The third kappa shape index (κ3) is 2.84. The van der Waals surface area contributed by atoms with Gasteiger partial charge in [-0.05, 0) is 78.9 Å². The molecule has 143 valence electrons. The Kier molecular flexibility index (Phi) is 5.29. The Morgan fingerprint density at radius 3 is 2.12 bits per heavy atom. The highest BCUT2D eigenvalue weighted by Gasteiger charge is 2.63. The Morgan fingerprint density at radius 1 is 0.720 bits per heavy atom. The van der Waals surface area contributed by atoms with Gasteiger partial charge in [-0.15, -0.1) is 0 Å². The fourth-order valence-corrected chi connectivity index (χ4v) is 8.78. The van der Waals surface area contributed by atoms with Crippen LogP contribution in [0.15, 0.2) is 0 Å². The molecule has 0 N–H and O–H groups in total. The van der Waals surface area contributed by atoms with Crippen LogP contribution in [-0.4, -0.2) is 0 Å². The van der Waals surface area contributed by atoms with E-state index in [9.17, 15) is 0 Å². The van der Waals surface area contributed by atoms with E-state index in [0.29, 0.717) is 10.8 Å². The monoisotopic (exact) mass is 343 g/mol. The molecule has 4 aliphatic carbocycles. The van der Waals surface area contributed by atoms with Crippen molar-refractivity contribution >= 4 is 0 Å². The van der Waals surface area contributed by atoms with Crippen molar-refractivity contribution in [1.82, 2.24) is 0 Å². The highest BCUT2D eigenvalue weighted by molar-refractivity contribution is 5.22. The van der Waals surface area contributed by atoms with Crippen molar-refractivity contribution in [3.8, 4) is 0 Å². The van der Waals surface area contributed by atoms with E-state index in [1.54, 1.807) is 25.7 Å². The Morgan fingerprint density at radius 2 is 1.48 bits per heavy atom. The molecule has 0 bridgehead atoms. The summed E-state index contributed by atoms with van der Waals surface area (Å²) in [7, 11) is 0. The summed E-state index contributed by atoms with van der Waals surface area (Å²) in [6.45, 7) is 7.84. The van der Waals surface area contributed by atoms with Gasteiger partial charge in [0.05, 0.1) is 0 Å². The van der Waals surface area contributed by atoms with Gasteiger partial charge in [-0.25, -0.2) is 0 Å². The first-order chi connectivity index (χ1) is 12.1. The van der Waals surface area contributed by atoms with Gasteiger partial charge in [0.25, 0.3) is 0 Å². The van der Waals surface area contributed by atoms with Crippen molar-refractivity contribution in [2.75, 3.05) is 0 Å². The highest BCUT2D eigenvalue weighted by atomic mass is 14.7. The summed E-state index contributed by atoms with van der Waals surface area (Å²) < 4.78 is 0. The predicted molar refractivity (Wildman–Crippen MR) is 108 cm³/mol. The molecule has 0 nitrogen and oxygen atoms in total. The van der Waals surface area contributed by atoms with Crippen LogP contribution in [0.5, 0.6) is 0 Å².